The molecular formula is C14H28N2O2. The van der Waals surface area contributed by atoms with Gasteiger partial charge >= 0.3 is 5.97 Å². The summed E-state index contributed by atoms with van der Waals surface area (Å²) in [6, 6.07) is 0.289. The SMILES string of the molecule is CC1CCC(N(C)CC(NC(C)C)C(=O)O)CC1. The number of rotatable bonds is 6. The molecule has 0 spiro atoms. The number of carboxylic acid groups (broad SMARTS) is 1. The fourth-order valence-electron chi connectivity index (χ4n) is 2.72. The molecule has 4 heteroatoms. The number of carboxylic acids is 1. The molecule has 1 saturated carbocycles. The van der Waals surface area contributed by atoms with E-state index in [1.807, 2.05) is 13.8 Å². The molecule has 0 bridgehead atoms. The first-order valence-electron chi connectivity index (χ1n) is 7.09. The van der Waals surface area contributed by atoms with Crippen LogP contribution in [0.2, 0.25) is 0 Å². The average Bonchev–Trinajstić information content (AvgIpc) is 2.28. The van der Waals surface area contributed by atoms with Crippen molar-refractivity contribution in [2.45, 2.75) is 64.6 Å². The highest BCUT2D eigenvalue weighted by atomic mass is 16.4. The summed E-state index contributed by atoms with van der Waals surface area (Å²) in [7, 11) is 2.05. The molecule has 0 amide bonds. The van der Waals surface area contributed by atoms with E-state index in [9.17, 15) is 9.90 Å². The van der Waals surface area contributed by atoms with E-state index in [0.29, 0.717) is 12.6 Å². The fourth-order valence-corrected chi connectivity index (χ4v) is 2.72. The van der Waals surface area contributed by atoms with Crippen LogP contribution in [0.5, 0.6) is 0 Å². The fraction of sp³-hybridized carbons (Fsp3) is 0.929. The molecule has 106 valence electrons. The van der Waals surface area contributed by atoms with Crippen molar-refractivity contribution in [3.8, 4) is 0 Å². The molecule has 1 aliphatic carbocycles. The van der Waals surface area contributed by atoms with E-state index in [-0.39, 0.29) is 6.04 Å². The summed E-state index contributed by atoms with van der Waals surface area (Å²) < 4.78 is 0. The third-order valence-corrected chi connectivity index (χ3v) is 3.91. The molecule has 0 aromatic carbocycles. The Morgan fingerprint density at radius 1 is 1.33 bits per heavy atom. The predicted octanol–water partition coefficient (Wildman–Crippen LogP) is 1.95. The Labute approximate surface area is 111 Å². The van der Waals surface area contributed by atoms with E-state index in [4.69, 9.17) is 0 Å². The molecule has 4 nitrogen and oxygen atoms in total. The molecule has 0 aromatic heterocycles. The van der Waals surface area contributed by atoms with Crippen molar-refractivity contribution in [1.29, 1.82) is 0 Å². The number of nitrogens with one attached hydrogen (secondary N) is 1. The summed E-state index contributed by atoms with van der Waals surface area (Å²) >= 11 is 0. The van der Waals surface area contributed by atoms with Gasteiger partial charge in [-0.05, 0) is 38.6 Å². The molecule has 1 rings (SSSR count). The maximum atomic E-state index is 11.2. The molecule has 0 aromatic rings. The molecule has 0 aliphatic heterocycles. The second-order valence-electron chi connectivity index (χ2n) is 6.07. The topological polar surface area (TPSA) is 52.6 Å². The minimum atomic E-state index is -0.750. The predicted molar refractivity (Wildman–Crippen MR) is 73.7 cm³/mol. The quantitative estimate of drug-likeness (QED) is 0.762. The molecule has 0 saturated heterocycles. The molecule has 1 atom stereocenters. The van der Waals surface area contributed by atoms with Crippen LogP contribution in [0.4, 0.5) is 0 Å². The van der Waals surface area contributed by atoms with Crippen LogP contribution in [-0.4, -0.2) is 47.7 Å². The first-order valence-corrected chi connectivity index (χ1v) is 7.09. The molecule has 1 fully saturated rings. The molecule has 18 heavy (non-hydrogen) atoms. The van der Waals surface area contributed by atoms with Crippen LogP contribution in [0.3, 0.4) is 0 Å². The van der Waals surface area contributed by atoms with Gasteiger partial charge in [0.15, 0.2) is 0 Å². The Bertz CT molecular complexity index is 261. The van der Waals surface area contributed by atoms with Gasteiger partial charge in [-0.3, -0.25) is 4.79 Å². The number of carbonyl (C=O) groups is 1. The van der Waals surface area contributed by atoms with E-state index in [2.05, 4.69) is 24.2 Å². The summed E-state index contributed by atoms with van der Waals surface area (Å²) in [5, 5.41) is 12.3. The summed E-state index contributed by atoms with van der Waals surface area (Å²) in [4.78, 5) is 13.4. The van der Waals surface area contributed by atoms with Crippen molar-refractivity contribution < 1.29 is 9.90 Å². The summed E-state index contributed by atoms with van der Waals surface area (Å²) in [5.74, 6) is 0.0819. The zero-order valence-electron chi connectivity index (χ0n) is 12.1. The molecular weight excluding hydrogens is 228 g/mol. The standard InChI is InChI=1S/C14H28N2O2/c1-10(2)15-13(14(17)18)9-16(4)12-7-5-11(3)6-8-12/h10-13,15H,5-9H2,1-4H3,(H,17,18). The van der Waals surface area contributed by atoms with E-state index < -0.39 is 12.0 Å². The minimum absolute atomic E-state index is 0.200. The van der Waals surface area contributed by atoms with Crippen molar-refractivity contribution in [3.05, 3.63) is 0 Å². The molecule has 0 radical (unpaired) electrons. The van der Waals surface area contributed by atoms with Crippen LogP contribution in [0, 0.1) is 5.92 Å². The minimum Gasteiger partial charge on any atom is -0.480 e. The Hall–Kier alpha value is -0.610. The van der Waals surface area contributed by atoms with Crippen molar-refractivity contribution in [3.63, 3.8) is 0 Å². The second-order valence-corrected chi connectivity index (χ2v) is 6.07. The Kier molecular flexibility index (Phi) is 6.09. The first kappa shape index (κ1) is 15.4. The third kappa shape index (κ3) is 4.94. The highest BCUT2D eigenvalue weighted by molar-refractivity contribution is 5.73. The molecule has 0 heterocycles. The van der Waals surface area contributed by atoms with Gasteiger partial charge in [0.05, 0.1) is 0 Å². The highest BCUT2D eigenvalue weighted by Gasteiger charge is 2.26. The van der Waals surface area contributed by atoms with Crippen LogP contribution in [-0.2, 0) is 4.79 Å². The van der Waals surface area contributed by atoms with Crippen LogP contribution in [0.25, 0.3) is 0 Å². The Morgan fingerprint density at radius 3 is 2.33 bits per heavy atom. The number of nitrogens with zero attached hydrogens (tertiary/aromatic N) is 1. The molecule has 1 aliphatic rings. The van der Waals surface area contributed by atoms with E-state index >= 15 is 0 Å². The molecule has 2 N–H and O–H groups in total. The van der Waals surface area contributed by atoms with Crippen LogP contribution in [0.1, 0.15) is 46.5 Å². The number of aliphatic carboxylic acids is 1. The lowest BCUT2D eigenvalue weighted by atomic mass is 9.86. The largest absolute Gasteiger partial charge is 0.480 e. The lowest BCUT2D eigenvalue weighted by molar-refractivity contribution is -0.140. The van der Waals surface area contributed by atoms with E-state index in [0.717, 1.165) is 5.92 Å². The van der Waals surface area contributed by atoms with Crippen LogP contribution >= 0.6 is 0 Å². The number of hydrogen-bond acceptors (Lipinski definition) is 3. The second kappa shape index (κ2) is 7.10. The summed E-state index contributed by atoms with van der Waals surface area (Å²) in [6.07, 6.45) is 4.94. The van der Waals surface area contributed by atoms with Gasteiger partial charge < -0.3 is 15.3 Å². The first-order chi connectivity index (χ1) is 8.40. The smallest absolute Gasteiger partial charge is 0.322 e. The van der Waals surface area contributed by atoms with E-state index in [1.165, 1.54) is 25.7 Å². The highest BCUT2D eigenvalue weighted by Crippen LogP contribution is 2.26. The number of likely N-dealkylation sites (N-methyl/N-ethyl adjacent to an activating group) is 1. The average molecular weight is 256 g/mol. The van der Waals surface area contributed by atoms with Gasteiger partial charge in [-0.2, -0.15) is 0 Å². The monoisotopic (exact) mass is 256 g/mol. The van der Waals surface area contributed by atoms with Crippen LogP contribution < -0.4 is 5.32 Å². The Morgan fingerprint density at radius 2 is 1.89 bits per heavy atom. The van der Waals surface area contributed by atoms with Gasteiger partial charge in [0.25, 0.3) is 0 Å². The van der Waals surface area contributed by atoms with Gasteiger partial charge in [-0.1, -0.05) is 20.8 Å². The van der Waals surface area contributed by atoms with E-state index in [1.54, 1.807) is 0 Å². The van der Waals surface area contributed by atoms with Gasteiger partial charge in [0.2, 0.25) is 0 Å². The summed E-state index contributed by atoms with van der Waals surface area (Å²) in [6.45, 7) is 6.86. The number of hydrogen-bond donors (Lipinski definition) is 2. The van der Waals surface area contributed by atoms with Gasteiger partial charge in [0, 0.05) is 18.6 Å². The summed E-state index contributed by atoms with van der Waals surface area (Å²) in [5.41, 5.74) is 0. The van der Waals surface area contributed by atoms with Gasteiger partial charge in [-0.25, -0.2) is 0 Å². The molecule has 1 unspecified atom stereocenters. The van der Waals surface area contributed by atoms with Crippen molar-refractivity contribution >= 4 is 5.97 Å². The van der Waals surface area contributed by atoms with Crippen molar-refractivity contribution in [1.82, 2.24) is 10.2 Å². The zero-order chi connectivity index (χ0) is 13.7. The lowest BCUT2D eigenvalue weighted by Gasteiger charge is -2.35. The van der Waals surface area contributed by atoms with Crippen molar-refractivity contribution in [2.75, 3.05) is 13.6 Å². The van der Waals surface area contributed by atoms with Gasteiger partial charge in [-0.15, -0.1) is 0 Å². The maximum absolute atomic E-state index is 11.2. The van der Waals surface area contributed by atoms with Gasteiger partial charge in [0.1, 0.15) is 6.04 Å². The lowest BCUT2D eigenvalue weighted by Crippen LogP contribution is -2.50. The normalized spacial score (nSPS) is 26.6. The Balaban J connectivity index is 2.45. The zero-order valence-corrected chi connectivity index (χ0v) is 12.1. The van der Waals surface area contributed by atoms with Crippen molar-refractivity contribution in [2.24, 2.45) is 5.92 Å². The van der Waals surface area contributed by atoms with Crippen LogP contribution in [0.15, 0.2) is 0 Å². The third-order valence-electron chi connectivity index (χ3n) is 3.91. The maximum Gasteiger partial charge on any atom is 0.322 e.